The van der Waals surface area contributed by atoms with Crippen LogP contribution in [0, 0.1) is 5.92 Å². The van der Waals surface area contributed by atoms with Crippen molar-refractivity contribution >= 4 is 33.2 Å². The van der Waals surface area contributed by atoms with Crippen LogP contribution in [-0.2, 0) is 0 Å². The van der Waals surface area contributed by atoms with Crippen molar-refractivity contribution in [2.45, 2.75) is 44.6 Å². The summed E-state index contributed by atoms with van der Waals surface area (Å²) in [5.74, 6) is 0.788. The van der Waals surface area contributed by atoms with Gasteiger partial charge in [-0.15, -0.1) is 0 Å². The van der Waals surface area contributed by atoms with Crippen molar-refractivity contribution in [1.82, 2.24) is 0 Å². The molecule has 1 aromatic carbocycles. The molecule has 0 amide bonds. The Kier molecular flexibility index (Phi) is 5.15. The van der Waals surface area contributed by atoms with E-state index in [9.17, 15) is 0 Å². The number of benzene rings is 1. The molecule has 19 heavy (non-hydrogen) atoms. The molecule has 2 unspecified atom stereocenters. The Morgan fingerprint density at radius 2 is 2.32 bits per heavy atom. The zero-order valence-corrected chi connectivity index (χ0v) is 13.7. The van der Waals surface area contributed by atoms with Gasteiger partial charge in [0.2, 0.25) is 0 Å². The Labute approximate surface area is 129 Å². The summed E-state index contributed by atoms with van der Waals surface area (Å²) in [7, 11) is 0. The molecule has 106 valence electrons. The van der Waals surface area contributed by atoms with Gasteiger partial charge < -0.3 is 11.1 Å². The molecule has 1 aliphatic rings. The van der Waals surface area contributed by atoms with E-state index in [1.54, 1.807) is 0 Å². The van der Waals surface area contributed by atoms with Gasteiger partial charge in [-0.25, -0.2) is 0 Å². The van der Waals surface area contributed by atoms with E-state index in [0.717, 1.165) is 33.9 Å². The highest BCUT2D eigenvalue weighted by Crippen LogP contribution is 2.37. The van der Waals surface area contributed by atoms with Gasteiger partial charge in [-0.3, -0.25) is 0 Å². The van der Waals surface area contributed by atoms with Crippen LogP contribution in [0.25, 0.3) is 0 Å². The minimum atomic E-state index is 0.0378. The fraction of sp³-hybridized carbons (Fsp3) is 0.600. The van der Waals surface area contributed by atoms with E-state index in [1.807, 2.05) is 12.1 Å². The number of nitrogens with two attached hydrogens (primary N) is 1. The molecule has 1 saturated carbocycles. The summed E-state index contributed by atoms with van der Waals surface area (Å²) in [5.41, 5.74) is 7.17. The third kappa shape index (κ3) is 3.65. The lowest BCUT2D eigenvalue weighted by Crippen LogP contribution is -2.49. The van der Waals surface area contributed by atoms with Crippen LogP contribution in [0.5, 0.6) is 0 Å². The van der Waals surface area contributed by atoms with E-state index in [-0.39, 0.29) is 5.54 Å². The van der Waals surface area contributed by atoms with E-state index in [0.29, 0.717) is 6.54 Å². The van der Waals surface area contributed by atoms with Crippen LogP contribution in [0.15, 0.2) is 22.7 Å². The van der Waals surface area contributed by atoms with Gasteiger partial charge in [-0.1, -0.05) is 37.8 Å². The Balaban J connectivity index is 2.15. The Morgan fingerprint density at radius 1 is 1.53 bits per heavy atom. The van der Waals surface area contributed by atoms with Crippen LogP contribution < -0.4 is 11.1 Å². The highest BCUT2D eigenvalue weighted by atomic mass is 79.9. The normalized spacial score (nSPS) is 27.3. The van der Waals surface area contributed by atoms with Crippen molar-refractivity contribution < 1.29 is 0 Å². The van der Waals surface area contributed by atoms with Crippen LogP contribution >= 0.6 is 27.5 Å². The average Bonchev–Trinajstić information content (AvgIpc) is 2.43. The molecule has 1 aliphatic carbocycles. The molecule has 0 aromatic heterocycles. The zero-order valence-electron chi connectivity index (χ0n) is 11.4. The molecule has 0 bridgehead atoms. The van der Waals surface area contributed by atoms with Gasteiger partial charge >= 0.3 is 0 Å². The predicted octanol–water partition coefficient (Wildman–Crippen LogP) is 4.81. The highest BCUT2D eigenvalue weighted by Gasteiger charge is 2.34. The fourth-order valence-corrected chi connectivity index (χ4v) is 3.49. The van der Waals surface area contributed by atoms with Gasteiger partial charge in [0, 0.05) is 22.2 Å². The summed E-state index contributed by atoms with van der Waals surface area (Å²) < 4.78 is 0.927. The molecule has 0 aliphatic heterocycles. The van der Waals surface area contributed by atoms with Crippen molar-refractivity contribution in [3.63, 3.8) is 0 Å². The topological polar surface area (TPSA) is 38.0 Å². The molecule has 2 atom stereocenters. The minimum Gasteiger partial charge on any atom is -0.378 e. The number of halogens is 2. The molecule has 0 saturated heterocycles. The van der Waals surface area contributed by atoms with Gasteiger partial charge in [0.25, 0.3) is 0 Å². The van der Waals surface area contributed by atoms with Crippen molar-refractivity contribution in [3.8, 4) is 0 Å². The largest absolute Gasteiger partial charge is 0.378 e. The first-order valence-electron chi connectivity index (χ1n) is 7.02. The Morgan fingerprint density at radius 3 is 2.95 bits per heavy atom. The number of nitrogens with one attached hydrogen (secondary N) is 1. The van der Waals surface area contributed by atoms with Crippen LogP contribution in [-0.4, -0.2) is 12.1 Å². The summed E-state index contributed by atoms with van der Waals surface area (Å²) in [5, 5.41) is 4.38. The summed E-state index contributed by atoms with van der Waals surface area (Å²) in [6.45, 7) is 2.95. The van der Waals surface area contributed by atoms with Gasteiger partial charge in [0.1, 0.15) is 0 Å². The first-order valence-corrected chi connectivity index (χ1v) is 8.19. The monoisotopic (exact) mass is 344 g/mol. The Hall–Kier alpha value is -0.250. The summed E-state index contributed by atoms with van der Waals surface area (Å²) in [6.07, 6.45) is 6.14. The fourth-order valence-electron chi connectivity index (χ4n) is 3.06. The predicted molar refractivity (Wildman–Crippen MR) is 86.8 cm³/mol. The average molecular weight is 346 g/mol. The van der Waals surface area contributed by atoms with Crippen molar-refractivity contribution in [3.05, 3.63) is 27.7 Å². The molecule has 0 radical (unpaired) electrons. The van der Waals surface area contributed by atoms with E-state index in [1.165, 1.54) is 19.3 Å². The van der Waals surface area contributed by atoms with Crippen LogP contribution in [0.2, 0.25) is 5.02 Å². The van der Waals surface area contributed by atoms with Gasteiger partial charge in [-0.2, -0.15) is 0 Å². The first kappa shape index (κ1) is 15.1. The van der Waals surface area contributed by atoms with Gasteiger partial charge in [0.05, 0.1) is 5.02 Å². The van der Waals surface area contributed by atoms with E-state index >= 15 is 0 Å². The van der Waals surface area contributed by atoms with Crippen LogP contribution in [0.4, 0.5) is 5.69 Å². The van der Waals surface area contributed by atoms with E-state index in [2.05, 4.69) is 34.2 Å². The lowest BCUT2D eigenvalue weighted by molar-refractivity contribution is 0.244. The quantitative estimate of drug-likeness (QED) is 0.821. The SMILES string of the molecule is CCC1CCCC(CN)(Nc2ccc(Br)c(Cl)c2)C1. The molecular formula is C15H22BrClN2. The maximum atomic E-state index is 6.16. The van der Waals surface area contributed by atoms with Gasteiger partial charge in [0.15, 0.2) is 0 Å². The third-order valence-corrected chi connectivity index (χ3v) is 5.48. The smallest absolute Gasteiger partial charge is 0.0568 e. The van der Waals surface area contributed by atoms with Crippen molar-refractivity contribution in [2.75, 3.05) is 11.9 Å². The van der Waals surface area contributed by atoms with Crippen LogP contribution in [0.1, 0.15) is 39.0 Å². The second-order valence-electron chi connectivity index (χ2n) is 5.61. The molecule has 4 heteroatoms. The maximum absolute atomic E-state index is 6.16. The lowest BCUT2D eigenvalue weighted by Gasteiger charge is -2.41. The van der Waals surface area contributed by atoms with Gasteiger partial charge in [-0.05, 0) is 52.9 Å². The third-order valence-electron chi connectivity index (χ3n) is 4.24. The highest BCUT2D eigenvalue weighted by molar-refractivity contribution is 9.10. The minimum absolute atomic E-state index is 0.0378. The summed E-state index contributed by atoms with van der Waals surface area (Å²) >= 11 is 9.58. The van der Waals surface area contributed by atoms with E-state index < -0.39 is 0 Å². The standard InChI is InChI=1S/C15H22BrClN2/c1-2-11-4-3-7-15(9-11,10-18)19-12-5-6-13(16)14(17)8-12/h5-6,8,11,19H,2-4,7,9-10,18H2,1H3. The lowest BCUT2D eigenvalue weighted by atomic mass is 9.74. The summed E-state index contributed by atoms with van der Waals surface area (Å²) in [6, 6.07) is 6.01. The number of hydrogen-bond donors (Lipinski definition) is 2. The molecule has 2 rings (SSSR count). The zero-order chi connectivity index (χ0) is 13.9. The van der Waals surface area contributed by atoms with Crippen LogP contribution in [0.3, 0.4) is 0 Å². The molecule has 1 aromatic rings. The number of hydrogen-bond acceptors (Lipinski definition) is 2. The van der Waals surface area contributed by atoms with Crippen molar-refractivity contribution in [1.29, 1.82) is 0 Å². The molecule has 1 fully saturated rings. The van der Waals surface area contributed by atoms with E-state index in [4.69, 9.17) is 17.3 Å². The van der Waals surface area contributed by atoms with Crippen molar-refractivity contribution in [2.24, 2.45) is 11.7 Å². The Bertz CT molecular complexity index is 438. The summed E-state index contributed by atoms with van der Waals surface area (Å²) in [4.78, 5) is 0. The maximum Gasteiger partial charge on any atom is 0.0568 e. The molecule has 3 N–H and O–H groups in total. The molecule has 0 spiro atoms. The first-order chi connectivity index (χ1) is 9.08. The number of anilines is 1. The second-order valence-corrected chi connectivity index (χ2v) is 6.87. The molecular weight excluding hydrogens is 324 g/mol. The molecule has 2 nitrogen and oxygen atoms in total. The second kappa shape index (κ2) is 6.47. The number of rotatable bonds is 4. The molecule has 0 heterocycles.